The Kier molecular flexibility index (Phi) is 5.70. The predicted molar refractivity (Wildman–Crippen MR) is 84.3 cm³/mol. The molecule has 0 aliphatic heterocycles. The van der Waals surface area contributed by atoms with Crippen LogP contribution in [-0.2, 0) is 14.3 Å². The maximum atomic E-state index is 12.1. The van der Waals surface area contributed by atoms with E-state index >= 15 is 0 Å². The molecule has 0 aliphatic rings. The maximum absolute atomic E-state index is 12.1. The van der Waals surface area contributed by atoms with Crippen molar-refractivity contribution in [2.75, 3.05) is 5.32 Å². The van der Waals surface area contributed by atoms with E-state index in [1.54, 1.807) is 20.8 Å². The average molecular weight is 289 g/mol. The first-order valence-corrected chi connectivity index (χ1v) is 6.95. The lowest BCUT2D eigenvalue weighted by Crippen LogP contribution is -2.30. The molecule has 0 bridgehead atoms. The highest BCUT2D eigenvalue weighted by molar-refractivity contribution is 5.97. The lowest BCUT2D eigenvalue weighted by Gasteiger charge is -2.16. The molecule has 1 aromatic carbocycles. The Balaban J connectivity index is 2.78. The Hall–Kier alpha value is -2.10. The fraction of sp³-hybridized carbons (Fsp3) is 0.412. The summed E-state index contributed by atoms with van der Waals surface area (Å²) in [5.41, 5.74) is 4.73. The predicted octanol–water partition coefficient (Wildman–Crippen LogP) is 3.45. The van der Waals surface area contributed by atoms with Crippen molar-refractivity contribution in [1.29, 1.82) is 0 Å². The second-order valence-electron chi connectivity index (χ2n) is 5.56. The van der Waals surface area contributed by atoms with Gasteiger partial charge in [0.1, 0.15) is 0 Å². The lowest BCUT2D eigenvalue weighted by atomic mass is 10.0. The molecule has 4 nitrogen and oxygen atoms in total. The van der Waals surface area contributed by atoms with E-state index in [-0.39, 0.29) is 5.91 Å². The van der Waals surface area contributed by atoms with Crippen LogP contribution in [0.1, 0.15) is 37.5 Å². The molecule has 1 aromatic rings. The molecular weight excluding hydrogens is 266 g/mol. The number of ether oxygens (including phenoxy) is 1. The molecule has 0 saturated carbocycles. The number of hydrogen-bond acceptors (Lipinski definition) is 3. The summed E-state index contributed by atoms with van der Waals surface area (Å²) < 4.78 is 5.07. The van der Waals surface area contributed by atoms with Crippen LogP contribution in [0.3, 0.4) is 0 Å². The first-order chi connectivity index (χ1) is 9.70. The lowest BCUT2D eigenvalue weighted by molar-refractivity contribution is -0.148. The summed E-state index contributed by atoms with van der Waals surface area (Å²) in [5.74, 6) is -0.837. The van der Waals surface area contributed by atoms with Crippen LogP contribution in [0.25, 0.3) is 0 Å². The number of carbonyl (C=O) groups is 2. The highest BCUT2D eigenvalue weighted by Crippen LogP contribution is 2.22. The van der Waals surface area contributed by atoms with E-state index in [1.165, 1.54) is 6.08 Å². The number of carbonyl (C=O) groups excluding carboxylic acids is 2. The normalized spacial score (nSPS) is 11.5. The summed E-state index contributed by atoms with van der Waals surface area (Å²) in [6, 6.07) is 4.00. The van der Waals surface area contributed by atoms with Crippen molar-refractivity contribution in [3.8, 4) is 0 Å². The molecular formula is C17H23NO3. The molecule has 21 heavy (non-hydrogen) atoms. The number of amides is 1. The van der Waals surface area contributed by atoms with Gasteiger partial charge in [0.25, 0.3) is 5.91 Å². The van der Waals surface area contributed by atoms with Gasteiger partial charge in [-0.05, 0) is 52.7 Å². The third-order valence-corrected chi connectivity index (χ3v) is 2.99. The van der Waals surface area contributed by atoms with E-state index in [4.69, 9.17) is 4.74 Å². The van der Waals surface area contributed by atoms with Crippen LogP contribution in [0.2, 0.25) is 0 Å². The molecule has 0 unspecified atom stereocenters. The van der Waals surface area contributed by atoms with Crippen LogP contribution in [0, 0.1) is 20.8 Å². The summed E-state index contributed by atoms with van der Waals surface area (Å²) >= 11 is 0. The molecule has 0 radical (unpaired) electrons. The van der Waals surface area contributed by atoms with Crippen molar-refractivity contribution in [2.24, 2.45) is 0 Å². The van der Waals surface area contributed by atoms with Crippen molar-refractivity contribution < 1.29 is 14.3 Å². The second kappa shape index (κ2) is 7.07. The summed E-state index contributed by atoms with van der Waals surface area (Å²) in [7, 11) is 0. The highest BCUT2D eigenvalue weighted by atomic mass is 16.5. The minimum atomic E-state index is -0.840. The molecule has 0 fully saturated rings. The van der Waals surface area contributed by atoms with Crippen LogP contribution >= 0.6 is 0 Å². The molecule has 1 amide bonds. The van der Waals surface area contributed by atoms with Gasteiger partial charge >= 0.3 is 5.97 Å². The van der Waals surface area contributed by atoms with E-state index in [0.717, 1.165) is 28.0 Å². The van der Waals surface area contributed by atoms with Gasteiger partial charge in [0.15, 0.2) is 6.10 Å². The van der Waals surface area contributed by atoms with E-state index in [2.05, 4.69) is 5.32 Å². The Bertz CT molecular complexity index is 561. The van der Waals surface area contributed by atoms with E-state index in [1.807, 2.05) is 32.9 Å². The molecule has 1 N–H and O–H groups in total. The third-order valence-electron chi connectivity index (χ3n) is 2.99. The zero-order chi connectivity index (χ0) is 16.2. The van der Waals surface area contributed by atoms with Gasteiger partial charge in [0, 0.05) is 11.8 Å². The number of hydrogen-bond donors (Lipinski definition) is 1. The van der Waals surface area contributed by atoms with Crippen LogP contribution < -0.4 is 5.32 Å². The molecule has 0 saturated heterocycles. The number of aryl methyl sites for hydroxylation is 3. The first-order valence-electron chi connectivity index (χ1n) is 6.95. The quantitative estimate of drug-likeness (QED) is 0.682. The average Bonchev–Trinajstić information content (AvgIpc) is 2.31. The van der Waals surface area contributed by atoms with Crippen molar-refractivity contribution in [3.63, 3.8) is 0 Å². The summed E-state index contributed by atoms with van der Waals surface area (Å²) in [6.07, 6.45) is 0.528. The van der Waals surface area contributed by atoms with Crippen LogP contribution in [-0.4, -0.2) is 18.0 Å². The zero-order valence-electron chi connectivity index (χ0n) is 13.5. The zero-order valence-corrected chi connectivity index (χ0v) is 13.5. The largest absolute Gasteiger partial charge is 0.449 e. The van der Waals surface area contributed by atoms with E-state index < -0.39 is 12.1 Å². The minimum absolute atomic E-state index is 0.333. The van der Waals surface area contributed by atoms with Crippen molar-refractivity contribution in [2.45, 2.75) is 47.6 Å². The topological polar surface area (TPSA) is 55.4 Å². The van der Waals surface area contributed by atoms with E-state index in [9.17, 15) is 9.59 Å². The number of esters is 1. The summed E-state index contributed by atoms with van der Waals surface area (Å²) in [6.45, 7) is 11.0. The van der Waals surface area contributed by atoms with Gasteiger partial charge in [-0.25, -0.2) is 4.79 Å². The van der Waals surface area contributed by atoms with Gasteiger partial charge in [-0.3, -0.25) is 4.79 Å². The van der Waals surface area contributed by atoms with Gasteiger partial charge in [0.2, 0.25) is 0 Å². The van der Waals surface area contributed by atoms with Gasteiger partial charge < -0.3 is 10.1 Å². The smallest absolute Gasteiger partial charge is 0.331 e. The second-order valence-corrected chi connectivity index (χ2v) is 5.56. The number of nitrogens with one attached hydrogen (secondary N) is 1. The molecule has 1 atom stereocenters. The SMILES string of the molecule is CC(C)=CC(=O)O[C@@H](C)C(=O)Nc1c(C)cc(C)cc1C. The van der Waals surface area contributed by atoms with Crippen molar-refractivity contribution in [3.05, 3.63) is 40.5 Å². The minimum Gasteiger partial charge on any atom is -0.449 e. The number of allylic oxidation sites excluding steroid dienone is 1. The van der Waals surface area contributed by atoms with Gasteiger partial charge in [-0.1, -0.05) is 23.3 Å². The first kappa shape index (κ1) is 17.0. The number of rotatable bonds is 4. The van der Waals surface area contributed by atoms with Gasteiger partial charge in [-0.2, -0.15) is 0 Å². The van der Waals surface area contributed by atoms with Crippen molar-refractivity contribution >= 4 is 17.6 Å². The molecule has 114 valence electrons. The Labute approximate surface area is 126 Å². The van der Waals surface area contributed by atoms with Crippen LogP contribution in [0.15, 0.2) is 23.8 Å². The molecule has 1 rings (SSSR count). The van der Waals surface area contributed by atoms with Gasteiger partial charge in [0.05, 0.1) is 0 Å². The standard InChI is InChI=1S/C17H23NO3/c1-10(2)7-15(19)21-14(6)17(20)18-16-12(4)8-11(3)9-13(16)5/h7-9,14H,1-6H3,(H,18,20)/t14-/m0/s1. The third kappa shape index (κ3) is 5.06. The molecule has 4 heteroatoms. The van der Waals surface area contributed by atoms with Crippen molar-refractivity contribution in [1.82, 2.24) is 0 Å². The van der Waals surface area contributed by atoms with Gasteiger partial charge in [-0.15, -0.1) is 0 Å². The van der Waals surface area contributed by atoms with Crippen LogP contribution in [0.5, 0.6) is 0 Å². The maximum Gasteiger partial charge on any atom is 0.331 e. The Morgan fingerprint density at radius 1 is 1.14 bits per heavy atom. The summed E-state index contributed by atoms with van der Waals surface area (Å²) in [4.78, 5) is 23.6. The Morgan fingerprint density at radius 2 is 1.67 bits per heavy atom. The highest BCUT2D eigenvalue weighted by Gasteiger charge is 2.18. The fourth-order valence-electron chi connectivity index (χ4n) is 2.10. The molecule has 0 spiro atoms. The molecule has 0 aliphatic carbocycles. The monoisotopic (exact) mass is 289 g/mol. The number of benzene rings is 1. The molecule has 0 aromatic heterocycles. The number of anilines is 1. The summed E-state index contributed by atoms with van der Waals surface area (Å²) in [5, 5.41) is 2.83. The molecule has 0 heterocycles. The fourth-order valence-corrected chi connectivity index (χ4v) is 2.10. The van der Waals surface area contributed by atoms with E-state index in [0.29, 0.717) is 0 Å². The Morgan fingerprint density at radius 3 is 2.14 bits per heavy atom. The van der Waals surface area contributed by atoms with Crippen LogP contribution in [0.4, 0.5) is 5.69 Å².